The van der Waals surface area contributed by atoms with Gasteiger partial charge in [0.05, 0.1) is 12.2 Å². The summed E-state index contributed by atoms with van der Waals surface area (Å²) < 4.78 is 5.48. The minimum Gasteiger partial charge on any atom is -0.493 e. The van der Waals surface area contributed by atoms with Crippen molar-refractivity contribution in [2.24, 2.45) is 0 Å². The lowest BCUT2D eigenvalue weighted by molar-refractivity contribution is 0.101. The van der Waals surface area contributed by atoms with Crippen LogP contribution in [0.2, 0.25) is 0 Å². The number of Topliss-reactive ketones (excluding diaryl/α,β-unsaturated/α-hetero) is 1. The van der Waals surface area contributed by atoms with E-state index in [4.69, 9.17) is 4.74 Å². The van der Waals surface area contributed by atoms with Gasteiger partial charge in [-0.1, -0.05) is 36.4 Å². The molecule has 0 saturated heterocycles. The Bertz CT molecular complexity index is 559. The van der Waals surface area contributed by atoms with E-state index in [0.717, 1.165) is 12.0 Å². The maximum absolute atomic E-state index is 11.7. The summed E-state index contributed by atoms with van der Waals surface area (Å²) in [5, 5.41) is 0. The molecule has 0 fully saturated rings. The monoisotopic (exact) mass is 254 g/mol. The molecule has 0 saturated carbocycles. The molecule has 0 aliphatic heterocycles. The lowest BCUT2D eigenvalue weighted by Crippen LogP contribution is -2.02. The van der Waals surface area contributed by atoms with Crippen LogP contribution in [0.1, 0.15) is 35.3 Å². The second-order valence-corrected chi connectivity index (χ2v) is 4.48. The van der Waals surface area contributed by atoms with Crippen molar-refractivity contribution < 1.29 is 9.53 Å². The molecule has 2 aromatic rings. The Morgan fingerprint density at radius 3 is 2.42 bits per heavy atom. The Kier molecular flexibility index (Phi) is 4.35. The number of ether oxygens (including phenoxy) is 1. The highest BCUT2D eigenvalue weighted by atomic mass is 16.5. The quantitative estimate of drug-likeness (QED) is 0.757. The summed E-state index contributed by atoms with van der Waals surface area (Å²) in [6.07, 6.45) is 0.827. The van der Waals surface area contributed by atoms with E-state index >= 15 is 0 Å². The number of carbonyl (C=O) groups is 1. The summed E-state index contributed by atoms with van der Waals surface area (Å²) >= 11 is 0. The summed E-state index contributed by atoms with van der Waals surface area (Å²) in [5.41, 5.74) is 3.02. The molecule has 2 aromatic carbocycles. The first-order valence-corrected chi connectivity index (χ1v) is 6.51. The molecule has 0 amide bonds. The summed E-state index contributed by atoms with van der Waals surface area (Å²) in [6, 6.07) is 16.1. The fourth-order valence-corrected chi connectivity index (χ4v) is 2.08. The van der Waals surface area contributed by atoms with E-state index in [9.17, 15) is 4.79 Å². The molecule has 0 spiro atoms. The Hall–Kier alpha value is -2.09. The third kappa shape index (κ3) is 3.44. The Morgan fingerprint density at radius 2 is 1.79 bits per heavy atom. The van der Waals surface area contributed by atoms with Crippen LogP contribution in [0.4, 0.5) is 0 Å². The fraction of sp³-hybridized carbons (Fsp3) is 0.235. The second kappa shape index (κ2) is 6.19. The van der Waals surface area contributed by atoms with E-state index in [2.05, 4.69) is 12.1 Å². The minimum absolute atomic E-state index is 0.0401. The topological polar surface area (TPSA) is 26.3 Å². The molecule has 2 heteroatoms. The number of carbonyl (C=O) groups excluding carboxylic acids is 1. The minimum atomic E-state index is 0.0401. The number of hydrogen-bond acceptors (Lipinski definition) is 2. The highest BCUT2D eigenvalue weighted by molar-refractivity contribution is 5.97. The van der Waals surface area contributed by atoms with Crippen LogP contribution in [0, 0.1) is 0 Å². The molecule has 0 N–H and O–H groups in total. The third-order valence-corrected chi connectivity index (χ3v) is 2.97. The van der Waals surface area contributed by atoms with Crippen LogP contribution >= 0.6 is 0 Å². The second-order valence-electron chi connectivity index (χ2n) is 4.48. The third-order valence-electron chi connectivity index (χ3n) is 2.97. The first-order valence-electron chi connectivity index (χ1n) is 6.51. The van der Waals surface area contributed by atoms with Gasteiger partial charge in [0.25, 0.3) is 0 Å². The normalized spacial score (nSPS) is 10.2. The highest BCUT2D eigenvalue weighted by Gasteiger charge is 2.09. The molecule has 19 heavy (non-hydrogen) atoms. The van der Waals surface area contributed by atoms with Gasteiger partial charge < -0.3 is 4.74 Å². The van der Waals surface area contributed by atoms with Gasteiger partial charge in [-0.15, -0.1) is 0 Å². The van der Waals surface area contributed by atoms with Crippen LogP contribution in [0.5, 0.6) is 5.75 Å². The summed E-state index contributed by atoms with van der Waals surface area (Å²) in [7, 11) is 0. The zero-order chi connectivity index (χ0) is 13.7. The summed E-state index contributed by atoms with van der Waals surface area (Å²) in [4.78, 5) is 11.7. The van der Waals surface area contributed by atoms with E-state index in [1.165, 1.54) is 5.56 Å². The predicted molar refractivity (Wildman–Crippen MR) is 76.9 cm³/mol. The van der Waals surface area contributed by atoms with Gasteiger partial charge >= 0.3 is 0 Å². The zero-order valence-corrected chi connectivity index (χ0v) is 11.3. The van der Waals surface area contributed by atoms with Crippen LogP contribution < -0.4 is 4.74 Å². The van der Waals surface area contributed by atoms with E-state index in [0.29, 0.717) is 17.9 Å². The molecule has 0 aromatic heterocycles. The van der Waals surface area contributed by atoms with Gasteiger partial charge in [-0.25, -0.2) is 0 Å². The molecule has 0 aliphatic carbocycles. The van der Waals surface area contributed by atoms with Gasteiger partial charge in [-0.2, -0.15) is 0 Å². The maximum Gasteiger partial charge on any atom is 0.163 e. The van der Waals surface area contributed by atoms with Crippen molar-refractivity contribution in [2.45, 2.75) is 20.3 Å². The smallest absolute Gasteiger partial charge is 0.163 e. The molecule has 0 unspecified atom stereocenters. The highest BCUT2D eigenvalue weighted by Crippen LogP contribution is 2.22. The zero-order valence-electron chi connectivity index (χ0n) is 11.3. The van der Waals surface area contributed by atoms with Crippen molar-refractivity contribution >= 4 is 5.78 Å². The van der Waals surface area contributed by atoms with E-state index in [1.54, 1.807) is 6.92 Å². The average Bonchev–Trinajstić information content (AvgIpc) is 2.42. The molecule has 0 bridgehead atoms. The van der Waals surface area contributed by atoms with Crippen molar-refractivity contribution in [3.8, 4) is 5.75 Å². The number of hydrogen-bond donors (Lipinski definition) is 0. The first kappa shape index (κ1) is 13.3. The van der Waals surface area contributed by atoms with Crippen molar-refractivity contribution in [3.05, 3.63) is 65.2 Å². The molecule has 0 atom stereocenters. The predicted octanol–water partition coefficient (Wildman–Crippen LogP) is 3.88. The molecule has 98 valence electrons. The number of benzene rings is 2. The van der Waals surface area contributed by atoms with Crippen LogP contribution in [0.25, 0.3) is 0 Å². The largest absolute Gasteiger partial charge is 0.493 e. The van der Waals surface area contributed by atoms with Gasteiger partial charge in [-0.05, 0) is 43.5 Å². The van der Waals surface area contributed by atoms with E-state index in [-0.39, 0.29) is 5.78 Å². The Balaban J connectivity index is 2.28. The Labute approximate surface area is 114 Å². The number of rotatable bonds is 5. The van der Waals surface area contributed by atoms with Crippen LogP contribution in [-0.2, 0) is 6.42 Å². The molecule has 0 radical (unpaired) electrons. The molecule has 0 aliphatic rings. The van der Waals surface area contributed by atoms with Crippen molar-refractivity contribution in [1.29, 1.82) is 0 Å². The van der Waals surface area contributed by atoms with Crippen LogP contribution in [0.3, 0.4) is 0 Å². The van der Waals surface area contributed by atoms with E-state index < -0.39 is 0 Å². The number of ketones is 1. The lowest BCUT2D eigenvalue weighted by atomic mass is 10.0. The molecule has 0 heterocycles. The van der Waals surface area contributed by atoms with E-state index in [1.807, 2.05) is 43.3 Å². The molecule has 2 rings (SSSR count). The van der Waals surface area contributed by atoms with Gasteiger partial charge in [0, 0.05) is 0 Å². The van der Waals surface area contributed by atoms with Gasteiger partial charge in [0.15, 0.2) is 5.78 Å². The molecular weight excluding hydrogens is 236 g/mol. The van der Waals surface area contributed by atoms with Gasteiger partial charge in [0.1, 0.15) is 5.75 Å². The molecule has 2 nitrogen and oxygen atoms in total. The van der Waals surface area contributed by atoms with Crippen molar-refractivity contribution in [2.75, 3.05) is 6.61 Å². The average molecular weight is 254 g/mol. The SMILES string of the molecule is CCOc1ccc(Cc2ccccc2)cc1C(C)=O. The Morgan fingerprint density at radius 1 is 1.05 bits per heavy atom. The van der Waals surface area contributed by atoms with Crippen LogP contribution in [0.15, 0.2) is 48.5 Å². The van der Waals surface area contributed by atoms with Crippen molar-refractivity contribution in [3.63, 3.8) is 0 Å². The van der Waals surface area contributed by atoms with Crippen molar-refractivity contribution in [1.82, 2.24) is 0 Å². The maximum atomic E-state index is 11.7. The summed E-state index contributed by atoms with van der Waals surface area (Å²) in [6.45, 7) is 4.06. The van der Waals surface area contributed by atoms with Crippen LogP contribution in [-0.4, -0.2) is 12.4 Å². The summed E-state index contributed by atoms with van der Waals surface area (Å²) in [5.74, 6) is 0.713. The lowest BCUT2D eigenvalue weighted by Gasteiger charge is -2.10. The molecular formula is C17H18O2. The standard InChI is InChI=1S/C17H18O2/c1-3-19-17-10-9-15(12-16(17)13(2)18)11-14-7-5-4-6-8-14/h4-10,12H,3,11H2,1-2H3. The van der Waals surface area contributed by atoms with Gasteiger partial charge in [-0.3, -0.25) is 4.79 Å². The fourth-order valence-electron chi connectivity index (χ4n) is 2.08. The van der Waals surface area contributed by atoms with Gasteiger partial charge in [0.2, 0.25) is 0 Å². The first-order chi connectivity index (χ1) is 9.20.